The fraction of sp³-hybridized carbons (Fsp3) is 0.0833. The Hall–Kier alpha value is -2.03. The van der Waals surface area contributed by atoms with Crippen LogP contribution in [0, 0.1) is 0 Å². The average Bonchev–Trinajstić information content (AvgIpc) is 2.89. The standard InChI is InChI=1S/C12H11N3/c1-2-4-12-11(3-1)9(6-14-12)5-10-7-13-8-15-10/h1-5,7-8,14H,6H2,(H,13,15). The number of anilines is 1. The molecule has 1 aromatic heterocycles. The van der Waals surface area contributed by atoms with Gasteiger partial charge in [-0.1, -0.05) is 18.2 Å². The number of hydrogen-bond acceptors (Lipinski definition) is 2. The monoisotopic (exact) mass is 197 g/mol. The molecule has 0 spiro atoms. The lowest BCUT2D eigenvalue weighted by Crippen LogP contribution is -1.91. The number of H-pyrrole nitrogens is 1. The number of hydrogen-bond donors (Lipinski definition) is 2. The molecule has 0 fully saturated rings. The number of para-hydroxylation sites is 1. The minimum absolute atomic E-state index is 0.887. The highest BCUT2D eigenvalue weighted by atomic mass is 14.9. The van der Waals surface area contributed by atoms with Crippen LogP contribution in [0.2, 0.25) is 0 Å². The fourth-order valence-electron chi connectivity index (χ4n) is 1.87. The Morgan fingerprint density at radius 1 is 1.27 bits per heavy atom. The first-order valence-electron chi connectivity index (χ1n) is 4.96. The van der Waals surface area contributed by atoms with Gasteiger partial charge in [0.25, 0.3) is 0 Å². The van der Waals surface area contributed by atoms with Gasteiger partial charge in [-0.05, 0) is 17.7 Å². The highest BCUT2D eigenvalue weighted by molar-refractivity contribution is 5.92. The molecule has 2 N–H and O–H groups in total. The molecule has 0 radical (unpaired) electrons. The van der Waals surface area contributed by atoms with E-state index in [0.717, 1.165) is 12.2 Å². The molecule has 2 heterocycles. The van der Waals surface area contributed by atoms with Crippen molar-refractivity contribution >= 4 is 17.3 Å². The Morgan fingerprint density at radius 3 is 3.07 bits per heavy atom. The second kappa shape index (κ2) is 3.28. The maximum atomic E-state index is 4.00. The molecule has 0 aliphatic carbocycles. The van der Waals surface area contributed by atoms with Crippen LogP contribution >= 0.6 is 0 Å². The maximum Gasteiger partial charge on any atom is 0.0924 e. The van der Waals surface area contributed by atoms with Gasteiger partial charge in [-0.15, -0.1) is 0 Å². The lowest BCUT2D eigenvalue weighted by atomic mass is 10.1. The molecule has 3 heteroatoms. The van der Waals surface area contributed by atoms with Crippen molar-refractivity contribution in [1.82, 2.24) is 9.97 Å². The normalized spacial score (nSPS) is 16.4. The van der Waals surface area contributed by atoms with Crippen LogP contribution < -0.4 is 5.32 Å². The smallest absolute Gasteiger partial charge is 0.0924 e. The van der Waals surface area contributed by atoms with Crippen molar-refractivity contribution in [3.63, 3.8) is 0 Å². The van der Waals surface area contributed by atoms with E-state index in [0.29, 0.717) is 0 Å². The number of benzene rings is 1. The van der Waals surface area contributed by atoms with Crippen LogP contribution in [0.25, 0.3) is 11.6 Å². The van der Waals surface area contributed by atoms with E-state index in [9.17, 15) is 0 Å². The van der Waals surface area contributed by atoms with Crippen LogP contribution in [0.1, 0.15) is 11.3 Å². The van der Waals surface area contributed by atoms with E-state index < -0.39 is 0 Å². The van der Waals surface area contributed by atoms with Crippen molar-refractivity contribution in [2.75, 3.05) is 11.9 Å². The topological polar surface area (TPSA) is 40.7 Å². The molecule has 3 nitrogen and oxygen atoms in total. The molecule has 1 aromatic carbocycles. The van der Waals surface area contributed by atoms with Crippen molar-refractivity contribution in [3.8, 4) is 0 Å². The molecule has 1 aliphatic heterocycles. The van der Waals surface area contributed by atoms with Crippen LogP contribution in [-0.2, 0) is 0 Å². The molecule has 74 valence electrons. The zero-order chi connectivity index (χ0) is 10.1. The van der Waals surface area contributed by atoms with Crippen molar-refractivity contribution in [2.45, 2.75) is 0 Å². The molecule has 1 aliphatic rings. The number of rotatable bonds is 1. The molecule has 0 saturated heterocycles. The molecule has 0 bridgehead atoms. The summed E-state index contributed by atoms with van der Waals surface area (Å²) in [7, 11) is 0. The summed E-state index contributed by atoms with van der Waals surface area (Å²) in [5, 5.41) is 3.36. The quantitative estimate of drug-likeness (QED) is 0.736. The Morgan fingerprint density at radius 2 is 2.20 bits per heavy atom. The number of fused-ring (bicyclic) bond motifs is 1. The van der Waals surface area contributed by atoms with Gasteiger partial charge in [-0.25, -0.2) is 4.98 Å². The summed E-state index contributed by atoms with van der Waals surface area (Å²) in [6.07, 6.45) is 5.65. The number of nitrogens with zero attached hydrogens (tertiary/aromatic N) is 1. The fourth-order valence-corrected chi connectivity index (χ4v) is 1.87. The number of imidazole rings is 1. The van der Waals surface area contributed by atoms with E-state index in [-0.39, 0.29) is 0 Å². The van der Waals surface area contributed by atoms with Gasteiger partial charge >= 0.3 is 0 Å². The maximum absolute atomic E-state index is 4.00. The van der Waals surface area contributed by atoms with E-state index in [2.05, 4.69) is 39.6 Å². The minimum Gasteiger partial charge on any atom is -0.380 e. The predicted molar refractivity (Wildman–Crippen MR) is 61.4 cm³/mol. The average molecular weight is 197 g/mol. The van der Waals surface area contributed by atoms with Gasteiger partial charge in [0.1, 0.15) is 0 Å². The largest absolute Gasteiger partial charge is 0.380 e. The van der Waals surface area contributed by atoms with Gasteiger partial charge in [0.2, 0.25) is 0 Å². The SMILES string of the molecule is C(=C1CNc2ccccc21)c1cnc[nH]1. The molecule has 3 rings (SSSR count). The molecular weight excluding hydrogens is 186 g/mol. The van der Waals surface area contributed by atoms with E-state index >= 15 is 0 Å². The van der Waals surface area contributed by atoms with Crippen LogP contribution in [-0.4, -0.2) is 16.5 Å². The van der Waals surface area contributed by atoms with E-state index in [1.54, 1.807) is 6.33 Å². The van der Waals surface area contributed by atoms with E-state index in [4.69, 9.17) is 0 Å². The highest BCUT2D eigenvalue weighted by Gasteiger charge is 2.13. The summed E-state index contributed by atoms with van der Waals surface area (Å²) in [5.74, 6) is 0. The summed E-state index contributed by atoms with van der Waals surface area (Å²) in [5.41, 5.74) is 4.84. The third kappa shape index (κ3) is 1.42. The van der Waals surface area contributed by atoms with E-state index in [1.165, 1.54) is 16.8 Å². The third-order valence-electron chi connectivity index (χ3n) is 2.59. The van der Waals surface area contributed by atoms with E-state index in [1.807, 2.05) is 12.3 Å². The third-order valence-corrected chi connectivity index (χ3v) is 2.59. The molecule has 15 heavy (non-hydrogen) atoms. The first kappa shape index (κ1) is 8.29. The van der Waals surface area contributed by atoms with Crippen LogP contribution in [0.4, 0.5) is 5.69 Å². The van der Waals surface area contributed by atoms with Gasteiger partial charge in [-0.3, -0.25) is 0 Å². The van der Waals surface area contributed by atoms with Gasteiger partial charge < -0.3 is 10.3 Å². The number of nitrogens with one attached hydrogen (secondary N) is 2. The first-order valence-corrected chi connectivity index (χ1v) is 4.96. The second-order valence-corrected chi connectivity index (χ2v) is 3.58. The summed E-state index contributed by atoms with van der Waals surface area (Å²) in [4.78, 5) is 7.08. The lowest BCUT2D eigenvalue weighted by Gasteiger charge is -1.97. The second-order valence-electron chi connectivity index (χ2n) is 3.58. The van der Waals surface area contributed by atoms with Crippen molar-refractivity contribution in [2.24, 2.45) is 0 Å². The van der Waals surface area contributed by atoms with Gasteiger partial charge in [0, 0.05) is 17.8 Å². The molecular formula is C12H11N3. The molecule has 0 unspecified atom stereocenters. The van der Waals surface area contributed by atoms with Gasteiger partial charge in [0.15, 0.2) is 0 Å². The summed E-state index contributed by atoms with van der Waals surface area (Å²) in [6.45, 7) is 0.887. The minimum atomic E-state index is 0.887. The highest BCUT2D eigenvalue weighted by Crippen LogP contribution is 2.30. The molecule has 0 atom stereocenters. The van der Waals surface area contributed by atoms with Crippen molar-refractivity contribution in [3.05, 3.63) is 48.0 Å². The Kier molecular flexibility index (Phi) is 1.81. The van der Waals surface area contributed by atoms with Crippen LogP contribution in [0.15, 0.2) is 36.8 Å². The summed E-state index contributed by atoms with van der Waals surface area (Å²) in [6, 6.07) is 8.35. The zero-order valence-electron chi connectivity index (χ0n) is 8.20. The molecule has 0 amide bonds. The lowest BCUT2D eigenvalue weighted by molar-refractivity contribution is 1.31. The van der Waals surface area contributed by atoms with Crippen molar-refractivity contribution < 1.29 is 0 Å². The summed E-state index contributed by atoms with van der Waals surface area (Å²) < 4.78 is 0. The summed E-state index contributed by atoms with van der Waals surface area (Å²) >= 11 is 0. The molecule has 0 saturated carbocycles. The molecule has 2 aromatic rings. The van der Waals surface area contributed by atoms with Crippen LogP contribution in [0.5, 0.6) is 0 Å². The Balaban J connectivity index is 2.04. The van der Waals surface area contributed by atoms with Gasteiger partial charge in [0.05, 0.1) is 18.2 Å². The number of aromatic nitrogens is 2. The van der Waals surface area contributed by atoms with Crippen molar-refractivity contribution in [1.29, 1.82) is 0 Å². The number of aromatic amines is 1. The van der Waals surface area contributed by atoms with Gasteiger partial charge in [-0.2, -0.15) is 0 Å². The Bertz CT molecular complexity index is 497. The van der Waals surface area contributed by atoms with Crippen LogP contribution in [0.3, 0.4) is 0 Å². The first-order chi connectivity index (χ1) is 7.43. The zero-order valence-corrected chi connectivity index (χ0v) is 8.20. The Labute approximate surface area is 87.9 Å². The predicted octanol–water partition coefficient (Wildman–Crippen LogP) is 2.38.